The third-order valence-corrected chi connectivity index (χ3v) is 6.53. The van der Waals surface area contributed by atoms with Crippen LogP contribution in [-0.4, -0.2) is 71.3 Å². The van der Waals surface area contributed by atoms with E-state index in [0.717, 1.165) is 11.1 Å². The maximum Gasteiger partial charge on any atom is 0.413 e. The molecule has 0 saturated carbocycles. The summed E-state index contributed by atoms with van der Waals surface area (Å²) in [5, 5.41) is 14.8. The predicted octanol–water partition coefficient (Wildman–Crippen LogP) is 5.11. The molecule has 1 fully saturated rings. The van der Waals surface area contributed by atoms with Gasteiger partial charge in [-0.05, 0) is 61.3 Å². The summed E-state index contributed by atoms with van der Waals surface area (Å²) in [6, 6.07) is 0.754. The van der Waals surface area contributed by atoms with Crippen molar-refractivity contribution < 1.29 is 19.1 Å². The molecule has 216 valence electrons. The molecule has 2 amide bonds. The zero-order valence-corrected chi connectivity index (χ0v) is 24.3. The minimum Gasteiger partial charge on any atom is -0.444 e. The molecule has 1 N–H and O–H groups in total. The smallest absolute Gasteiger partial charge is 0.413 e. The monoisotopic (exact) mass is 554 g/mol. The van der Waals surface area contributed by atoms with Gasteiger partial charge < -0.3 is 14.4 Å². The first-order valence-corrected chi connectivity index (χ1v) is 13.3. The average Bonchev–Trinajstić information content (AvgIpc) is 3.47. The number of piperidine rings is 1. The van der Waals surface area contributed by atoms with Gasteiger partial charge in [0.1, 0.15) is 23.1 Å². The number of likely N-dealkylation sites (tertiary alicyclic amines) is 1. The number of carbonyl (C=O) groups excluding carboxylic acids is 2. The van der Waals surface area contributed by atoms with Gasteiger partial charge >= 0.3 is 12.2 Å². The number of hydrogen-bond donors (Lipinski definition) is 1. The van der Waals surface area contributed by atoms with E-state index in [1.54, 1.807) is 81.0 Å². The van der Waals surface area contributed by atoms with E-state index < -0.39 is 35.5 Å². The molecule has 40 heavy (non-hydrogen) atoms. The largest absolute Gasteiger partial charge is 0.444 e. The molecule has 4 rings (SSSR count). The average molecular weight is 555 g/mol. The van der Waals surface area contributed by atoms with Crippen LogP contribution in [0.4, 0.5) is 15.4 Å². The molecular formula is C27H38N8O5. The van der Waals surface area contributed by atoms with Gasteiger partial charge in [-0.15, -0.1) is 0 Å². The number of aryl methyl sites for hydroxylation is 1. The third kappa shape index (κ3) is 6.57. The number of nitrogens with one attached hydrogen (secondary N) is 1. The second-order valence-electron chi connectivity index (χ2n) is 12.2. The summed E-state index contributed by atoms with van der Waals surface area (Å²) in [7, 11) is 1.82. The first kappa shape index (κ1) is 29.0. The molecule has 1 aliphatic heterocycles. The summed E-state index contributed by atoms with van der Waals surface area (Å²) in [6.07, 6.45) is 5.29. The first-order chi connectivity index (χ1) is 18.6. The number of aromatic nitrogens is 5. The molecule has 3 aromatic heterocycles. The van der Waals surface area contributed by atoms with Crippen LogP contribution in [0.5, 0.6) is 0 Å². The topological polar surface area (TPSA) is 145 Å². The summed E-state index contributed by atoms with van der Waals surface area (Å²) in [4.78, 5) is 43.9. The van der Waals surface area contributed by atoms with Crippen LogP contribution in [0.25, 0.3) is 16.8 Å². The van der Waals surface area contributed by atoms with E-state index in [-0.39, 0.29) is 12.5 Å². The molecule has 0 spiro atoms. The number of amides is 2. The molecule has 1 unspecified atom stereocenters. The maximum absolute atomic E-state index is 13.2. The molecule has 3 atom stereocenters. The number of anilines is 1. The second kappa shape index (κ2) is 10.9. The van der Waals surface area contributed by atoms with Gasteiger partial charge in [-0.2, -0.15) is 19.6 Å². The Labute approximate surface area is 233 Å². The van der Waals surface area contributed by atoms with Crippen molar-refractivity contribution in [2.24, 2.45) is 12.2 Å². The van der Waals surface area contributed by atoms with Gasteiger partial charge in [0.2, 0.25) is 0 Å². The molecule has 1 aliphatic rings. The summed E-state index contributed by atoms with van der Waals surface area (Å²) in [6.45, 7) is 12.7. The summed E-state index contributed by atoms with van der Waals surface area (Å²) in [5.41, 5.74) is 1.33. The van der Waals surface area contributed by atoms with Crippen LogP contribution in [-0.2, 0) is 16.5 Å². The number of hydrogen-bond acceptors (Lipinski definition) is 9. The van der Waals surface area contributed by atoms with E-state index in [1.807, 2.05) is 13.2 Å². The minimum atomic E-state index is -0.704. The van der Waals surface area contributed by atoms with Gasteiger partial charge in [-0.1, -0.05) is 5.18 Å². The van der Waals surface area contributed by atoms with Crippen molar-refractivity contribution in [3.8, 4) is 11.1 Å². The highest BCUT2D eigenvalue weighted by atomic mass is 16.6. The molecule has 13 nitrogen and oxygen atoms in total. The first-order valence-electron chi connectivity index (χ1n) is 13.3. The highest BCUT2D eigenvalue weighted by Gasteiger charge is 2.39. The lowest BCUT2D eigenvalue weighted by Crippen LogP contribution is -2.52. The lowest BCUT2D eigenvalue weighted by molar-refractivity contribution is 0.00458. The Morgan fingerprint density at radius 3 is 2.38 bits per heavy atom. The Kier molecular flexibility index (Phi) is 7.86. The maximum atomic E-state index is 13.2. The van der Waals surface area contributed by atoms with Crippen LogP contribution in [0.1, 0.15) is 72.9 Å². The van der Waals surface area contributed by atoms with Gasteiger partial charge in [0.15, 0.2) is 5.65 Å². The Bertz CT molecular complexity index is 1400. The number of fused-ring (bicyclic) bond motifs is 1. The fourth-order valence-corrected chi connectivity index (χ4v) is 4.79. The molecule has 1 saturated heterocycles. The summed E-state index contributed by atoms with van der Waals surface area (Å²) < 4.78 is 14.4. The molecule has 0 radical (unpaired) electrons. The lowest BCUT2D eigenvalue weighted by Gasteiger charge is -2.41. The quantitative estimate of drug-likeness (QED) is 0.428. The van der Waals surface area contributed by atoms with Crippen LogP contribution in [0.2, 0.25) is 0 Å². The minimum absolute atomic E-state index is 0.205. The molecule has 0 aromatic carbocycles. The number of nitroso groups, excluding NO2 is 1. The lowest BCUT2D eigenvalue weighted by atomic mass is 9.88. The Morgan fingerprint density at radius 1 is 1.07 bits per heavy atom. The van der Waals surface area contributed by atoms with Crippen molar-refractivity contribution in [3.63, 3.8) is 0 Å². The van der Waals surface area contributed by atoms with Gasteiger partial charge in [0.25, 0.3) is 0 Å². The van der Waals surface area contributed by atoms with Crippen LogP contribution in [0, 0.1) is 4.91 Å². The SMILES string of the molecule is CC(N=O)[C@@H]1CC[C@H](c2cc(NC(=O)OC(C)(C)C)n3ncc(-c4cnn(C)c4)c3n2)CN1C(=O)OC(C)(C)C. The van der Waals surface area contributed by atoms with E-state index in [2.05, 4.69) is 20.7 Å². The van der Waals surface area contributed by atoms with E-state index in [1.165, 1.54) is 0 Å². The van der Waals surface area contributed by atoms with Crippen LogP contribution < -0.4 is 5.32 Å². The zero-order valence-electron chi connectivity index (χ0n) is 24.3. The van der Waals surface area contributed by atoms with E-state index in [0.29, 0.717) is 30.0 Å². The molecule has 0 bridgehead atoms. The highest BCUT2D eigenvalue weighted by molar-refractivity contribution is 5.86. The Morgan fingerprint density at radius 2 is 1.77 bits per heavy atom. The zero-order chi connectivity index (χ0) is 29.4. The molecule has 0 aliphatic carbocycles. The van der Waals surface area contributed by atoms with Crippen LogP contribution >= 0.6 is 0 Å². The standard InChI is InChI=1S/C27H38N8O5/c1-16(32-38)21-10-9-17(15-34(21)25(37)40-27(5,6)7)20-11-22(31-24(36)39-26(2,3)4)35-23(30-20)19(13-29-35)18-12-28-33(8)14-18/h11-14,16-17,21H,9-10,15H2,1-8H3,(H,31,36)/t16?,17-,21-/m0/s1. The Hall–Kier alpha value is -4.03. The Balaban J connectivity index is 1.76. The van der Waals surface area contributed by atoms with Crippen LogP contribution in [0.3, 0.4) is 0 Å². The van der Waals surface area contributed by atoms with Crippen LogP contribution in [0.15, 0.2) is 29.8 Å². The van der Waals surface area contributed by atoms with Crippen molar-refractivity contribution in [2.45, 2.75) is 90.5 Å². The predicted molar refractivity (Wildman–Crippen MR) is 149 cm³/mol. The molecular weight excluding hydrogens is 516 g/mol. The second-order valence-corrected chi connectivity index (χ2v) is 12.2. The van der Waals surface area contributed by atoms with Gasteiger partial charge in [-0.3, -0.25) is 10.00 Å². The molecule has 13 heteroatoms. The summed E-state index contributed by atoms with van der Waals surface area (Å²) in [5.74, 6) is 0.168. The van der Waals surface area contributed by atoms with E-state index >= 15 is 0 Å². The third-order valence-electron chi connectivity index (χ3n) is 6.53. The normalized spacial score (nSPS) is 18.9. The van der Waals surface area contributed by atoms with Gasteiger partial charge in [0.05, 0.1) is 24.1 Å². The number of carbonyl (C=O) groups is 2. The fourth-order valence-electron chi connectivity index (χ4n) is 4.79. The number of ether oxygens (including phenoxy) is 2. The van der Waals surface area contributed by atoms with Gasteiger partial charge in [0, 0.05) is 42.9 Å². The number of nitrogens with zero attached hydrogens (tertiary/aromatic N) is 7. The van der Waals surface area contributed by atoms with Crippen molar-refractivity contribution in [2.75, 3.05) is 11.9 Å². The summed E-state index contributed by atoms with van der Waals surface area (Å²) >= 11 is 0. The number of rotatable bonds is 5. The van der Waals surface area contributed by atoms with E-state index in [4.69, 9.17) is 14.5 Å². The van der Waals surface area contributed by atoms with Crippen molar-refractivity contribution in [1.82, 2.24) is 29.3 Å². The fraction of sp³-hybridized carbons (Fsp3) is 0.593. The van der Waals surface area contributed by atoms with Crippen molar-refractivity contribution >= 4 is 23.7 Å². The van der Waals surface area contributed by atoms with E-state index in [9.17, 15) is 14.5 Å². The van der Waals surface area contributed by atoms with Gasteiger partial charge in [-0.25, -0.2) is 14.6 Å². The molecule has 3 aromatic rings. The molecule has 4 heterocycles. The van der Waals surface area contributed by atoms with Crippen molar-refractivity contribution in [3.05, 3.63) is 35.3 Å². The highest BCUT2D eigenvalue weighted by Crippen LogP contribution is 2.35. The van der Waals surface area contributed by atoms with Crippen molar-refractivity contribution in [1.29, 1.82) is 0 Å².